The van der Waals surface area contributed by atoms with Crippen molar-refractivity contribution < 1.29 is 9.47 Å². The summed E-state index contributed by atoms with van der Waals surface area (Å²) in [6.07, 6.45) is 1.03. The average Bonchev–Trinajstić information content (AvgIpc) is 3.19. The van der Waals surface area contributed by atoms with Crippen LogP contribution in [0.25, 0.3) is 10.2 Å². The summed E-state index contributed by atoms with van der Waals surface area (Å²) in [6.45, 7) is 10.5. The highest BCUT2D eigenvalue weighted by Gasteiger charge is 2.18. The Kier molecular flexibility index (Phi) is 7.34. The van der Waals surface area contributed by atoms with Crippen LogP contribution in [0, 0.1) is 0 Å². The Morgan fingerprint density at radius 2 is 1.66 bits per heavy atom. The second-order valence-electron chi connectivity index (χ2n) is 6.87. The molecule has 0 N–H and O–H groups in total. The first-order valence-corrected chi connectivity index (χ1v) is 11.1. The number of benzene rings is 2. The van der Waals surface area contributed by atoms with Gasteiger partial charge in [-0.1, -0.05) is 38.2 Å². The van der Waals surface area contributed by atoms with Crippen molar-refractivity contribution >= 4 is 32.4 Å². The normalized spacial score (nSPS) is 11.2. The minimum absolute atomic E-state index is 0.729. The molecule has 5 nitrogen and oxygen atoms in total. The van der Waals surface area contributed by atoms with E-state index in [2.05, 4.69) is 54.8 Å². The Morgan fingerprint density at radius 1 is 0.897 bits per heavy atom. The average molecular weight is 414 g/mol. The van der Waals surface area contributed by atoms with Crippen molar-refractivity contribution in [1.29, 1.82) is 0 Å². The first-order chi connectivity index (χ1) is 14.1. The van der Waals surface area contributed by atoms with Crippen LogP contribution < -0.4 is 14.4 Å². The van der Waals surface area contributed by atoms with Gasteiger partial charge >= 0.3 is 0 Å². The zero-order chi connectivity index (χ0) is 20.8. The molecule has 6 heteroatoms. The fourth-order valence-corrected chi connectivity index (χ4v) is 4.48. The van der Waals surface area contributed by atoms with Gasteiger partial charge in [-0.2, -0.15) is 0 Å². The number of rotatable bonds is 10. The van der Waals surface area contributed by atoms with Crippen LogP contribution in [0.3, 0.4) is 0 Å². The van der Waals surface area contributed by atoms with Gasteiger partial charge in [0.25, 0.3) is 0 Å². The molecule has 156 valence electrons. The highest BCUT2D eigenvalue weighted by atomic mass is 32.1. The standard InChI is InChI=1S/C23H31N3O2S/c1-6-17-9-11-19-22(15-17)29-23(24-19)26(14-13-25(7-2)8-3)18-10-12-20(27-4)21(16-18)28-5/h9-12,15-16H,6-8,13-14H2,1-5H3. The molecule has 2 aromatic carbocycles. The first-order valence-electron chi connectivity index (χ1n) is 10.2. The Hall–Kier alpha value is -2.31. The molecule has 0 aliphatic carbocycles. The molecule has 1 heterocycles. The van der Waals surface area contributed by atoms with Gasteiger partial charge in [-0.25, -0.2) is 4.98 Å². The maximum absolute atomic E-state index is 5.54. The number of thiazole rings is 1. The smallest absolute Gasteiger partial charge is 0.191 e. The topological polar surface area (TPSA) is 37.8 Å². The van der Waals surface area contributed by atoms with E-state index in [0.29, 0.717) is 0 Å². The monoisotopic (exact) mass is 413 g/mol. The number of anilines is 2. The van der Waals surface area contributed by atoms with E-state index >= 15 is 0 Å². The molecule has 0 unspecified atom stereocenters. The number of likely N-dealkylation sites (N-methyl/N-ethyl adjacent to an activating group) is 1. The van der Waals surface area contributed by atoms with E-state index in [9.17, 15) is 0 Å². The molecule has 0 fully saturated rings. The molecule has 0 radical (unpaired) electrons. The summed E-state index contributed by atoms with van der Waals surface area (Å²) in [5.41, 5.74) is 3.45. The molecule has 1 aromatic heterocycles. The van der Waals surface area contributed by atoms with Crippen molar-refractivity contribution in [1.82, 2.24) is 9.88 Å². The van der Waals surface area contributed by atoms with Gasteiger partial charge in [-0.05, 0) is 49.3 Å². The van der Waals surface area contributed by atoms with E-state index in [1.54, 1.807) is 25.6 Å². The summed E-state index contributed by atoms with van der Waals surface area (Å²) >= 11 is 1.74. The molecule has 29 heavy (non-hydrogen) atoms. The lowest BCUT2D eigenvalue weighted by atomic mass is 10.2. The summed E-state index contributed by atoms with van der Waals surface area (Å²) in [5.74, 6) is 1.46. The molecular weight excluding hydrogens is 382 g/mol. The van der Waals surface area contributed by atoms with Gasteiger partial charge in [-0.3, -0.25) is 0 Å². The van der Waals surface area contributed by atoms with Gasteiger partial charge in [0.2, 0.25) is 0 Å². The van der Waals surface area contributed by atoms with E-state index in [1.165, 1.54) is 10.3 Å². The minimum Gasteiger partial charge on any atom is -0.493 e. The van der Waals surface area contributed by atoms with Crippen molar-refractivity contribution in [3.63, 3.8) is 0 Å². The van der Waals surface area contributed by atoms with Gasteiger partial charge in [0, 0.05) is 24.8 Å². The highest BCUT2D eigenvalue weighted by Crippen LogP contribution is 2.37. The third-order valence-electron chi connectivity index (χ3n) is 5.29. The molecule has 0 aliphatic heterocycles. The van der Waals surface area contributed by atoms with Crippen LogP contribution in [0.4, 0.5) is 10.8 Å². The van der Waals surface area contributed by atoms with Crippen LogP contribution in [0.2, 0.25) is 0 Å². The van der Waals surface area contributed by atoms with Crippen molar-refractivity contribution in [3.8, 4) is 11.5 Å². The molecule has 3 aromatic rings. The number of ether oxygens (including phenoxy) is 2. The lowest BCUT2D eigenvalue weighted by Crippen LogP contribution is -2.32. The molecule has 0 amide bonds. The third-order valence-corrected chi connectivity index (χ3v) is 6.33. The molecule has 0 atom stereocenters. The van der Waals surface area contributed by atoms with Gasteiger partial charge in [0.15, 0.2) is 16.6 Å². The zero-order valence-electron chi connectivity index (χ0n) is 18.1. The maximum atomic E-state index is 5.54. The number of hydrogen-bond acceptors (Lipinski definition) is 6. The van der Waals surface area contributed by atoms with Crippen LogP contribution in [0.5, 0.6) is 11.5 Å². The summed E-state index contributed by atoms with van der Waals surface area (Å²) in [7, 11) is 3.33. The van der Waals surface area contributed by atoms with Gasteiger partial charge < -0.3 is 19.3 Å². The van der Waals surface area contributed by atoms with E-state index in [-0.39, 0.29) is 0 Å². The van der Waals surface area contributed by atoms with Crippen LogP contribution in [-0.2, 0) is 6.42 Å². The molecule has 0 saturated carbocycles. The second kappa shape index (κ2) is 9.94. The van der Waals surface area contributed by atoms with Crippen molar-refractivity contribution in [2.24, 2.45) is 0 Å². The minimum atomic E-state index is 0.729. The van der Waals surface area contributed by atoms with Crippen LogP contribution >= 0.6 is 11.3 Å². The lowest BCUT2D eigenvalue weighted by molar-refractivity contribution is 0.312. The number of aryl methyl sites for hydroxylation is 1. The van der Waals surface area contributed by atoms with Crippen LogP contribution in [0.1, 0.15) is 26.3 Å². The second-order valence-corrected chi connectivity index (χ2v) is 7.88. The molecule has 0 saturated heterocycles. The van der Waals surface area contributed by atoms with Crippen molar-refractivity contribution in [2.75, 3.05) is 45.3 Å². The summed E-state index contributed by atoms with van der Waals surface area (Å²) < 4.78 is 12.2. The highest BCUT2D eigenvalue weighted by molar-refractivity contribution is 7.22. The van der Waals surface area contributed by atoms with E-state index in [1.807, 2.05) is 12.1 Å². The third kappa shape index (κ3) is 4.82. The summed E-state index contributed by atoms with van der Waals surface area (Å²) in [6, 6.07) is 12.6. The molecule has 0 bridgehead atoms. The molecular formula is C23H31N3O2S. The zero-order valence-corrected chi connectivity index (χ0v) is 18.9. The SMILES string of the molecule is CCc1ccc2nc(N(CCN(CC)CC)c3ccc(OC)c(OC)c3)sc2c1. The van der Waals surface area contributed by atoms with Gasteiger partial charge in [0.1, 0.15) is 0 Å². The van der Waals surface area contributed by atoms with Crippen molar-refractivity contribution in [2.45, 2.75) is 27.2 Å². The van der Waals surface area contributed by atoms with Crippen LogP contribution in [-0.4, -0.2) is 50.3 Å². The quantitative estimate of drug-likeness (QED) is 0.447. The van der Waals surface area contributed by atoms with Gasteiger partial charge in [0.05, 0.1) is 24.4 Å². The molecule has 0 aliphatic rings. The number of fused-ring (bicyclic) bond motifs is 1. The molecule has 3 rings (SSSR count). The number of methoxy groups -OCH3 is 2. The number of aromatic nitrogens is 1. The first kappa shape index (κ1) is 21.4. The summed E-state index contributed by atoms with van der Waals surface area (Å²) in [5, 5.41) is 1.01. The Morgan fingerprint density at radius 3 is 2.31 bits per heavy atom. The summed E-state index contributed by atoms with van der Waals surface area (Å²) in [4.78, 5) is 9.66. The van der Waals surface area contributed by atoms with E-state index in [4.69, 9.17) is 14.5 Å². The predicted octanol–water partition coefficient (Wildman–Crippen LogP) is 5.36. The van der Waals surface area contributed by atoms with Crippen molar-refractivity contribution in [3.05, 3.63) is 42.0 Å². The largest absolute Gasteiger partial charge is 0.493 e. The maximum Gasteiger partial charge on any atom is 0.191 e. The predicted molar refractivity (Wildman–Crippen MR) is 123 cm³/mol. The van der Waals surface area contributed by atoms with Gasteiger partial charge in [-0.15, -0.1) is 0 Å². The lowest BCUT2D eigenvalue weighted by Gasteiger charge is -2.26. The Balaban J connectivity index is 2.01. The fourth-order valence-electron chi connectivity index (χ4n) is 3.40. The number of hydrogen-bond donors (Lipinski definition) is 0. The van der Waals surface area contributed by atoms with E-state index < -0.39 is 0 Å². The number of nitrogens with zero attached hydrogens (tertiary/aromatic N) is 3. The molecule has 0 spiro atoms. The fraction of sp³-hybridized carbons (Fsp3) is 0.435. The Labute approximate surface area is 177 Å². The van der Waals surface area contributed by atoms with Crippen LogP contribution in [0.15, 0.2) is 36.4 Å². The Bertz CT molecular complexity index is 937. The van der Waals surface area contributed by atoms with E-state index in [0.717, 1.165) is 60.4 Å².